The maximum Gasteiger partial charge on any atom is 0.267 e. The summed E-state index contributed by atoms with van der Waals surface area (Å²) in [6.07, 6.45) is -2.87. The van der Waals surface area contributed by atoms with Gasteiger partial charge in [0.05, 0.1) is 15.4 Å². The second kappa shape index (κ2) is 6.86. The zero-order valence-electron chi connectivity index (χ0n) is 13.0. The second-order valence-electron chi connectivity index (χ2n) is 5.54. The highest BCUT2D eigenvalue weighted by Gasteiger charge is 2.29. The molecule has 1 aliphatic heterocycles. The van der Waals surface area contributed by atoms with Gasteiger partial charge in [-0.2, -0.15) is 0 Å². The lowest BCUT2D eigenvalue weighted by molar-refractivity contribution is 0.148. The molecule has 0 atom stereocenters. The number of hydrogen-bond acceptors (Lipinski definition) is 4. The number of halogens is 2. The van der Waals surface area contributed by atoms with E-state index in [1.54, 1.807) is 24.3 Å². The quantitative estimate of drug-likeness (QED) is 0.919. The number of sulfone groups is 1. The Kier molecular flexibility index (Phi) is 4.82. The van der Waals surface area contributed by atoms with Crippen molar-refractivity contribution in [2.24, 2.45) is 0 Å². The summed E-state index contributed by atoms with van der Waals surface area (Å²) in [4.78, 5) is 1.51. The van der Waals surface area contributed by atoms with E-state index in [-0.39, 0.29) is 9.79 Å². The molecule has 0 aromatic heterocycles. The molecule has 2 aromatic rings. The predicted octanol–water partition coefficient (Wildman–Crippen LogP) is 2.87. The SMILES string of the molecule is O=S(=O)(c1ccccc1)c1cccc(N2CCNCC2)c1C(F)F. The number of alkyl halides is 2. The van der Waals surface area contributed by atoms with Gasteiger partial charge < -0.3 is 10.2 Å². The molecule has 0 aliphatic carbocycles. The summed E-state index contributed by atoms with van der Waals surface area (Å²) in [5.41, 5.74) is -0.119. The summed E-state index contributed by atoms with van der Waals surface area (Å²) in [5.74, 6) is 0. The summed E-state index contributed by atoms with van der Waals surface area (Å²) in [5, 5.41) is 3.16. The molecule has 0 spiro atoms. The molecule has 0 amide bonds. The number of anilines is 1. The molecule has 1 saturated heterocycles. The minimum atomic E-state index is -4.00. The van der Waals surface area contributed by atoms with Crippen molar-refractivity contribution >= 4 is 15.5 Å². The predicted molar refractivity (Wildman–Crippen MR) is 88.4 cm³/mol. The van der Waals surface area contributed by atoms with Crippen LogP contribution in [-0.4, -0.2) is 34.6 Å². The van der Waals surface area contributed by atoms with Crippen LogP contribution in [-0.2, 0) is 9.84 Å². The molecule has 0 radical (unpaired) electrons. The van der Waals surface area contributed by atoms with E-state index in [2.05, 4.69) is 5.32 Å². The average molecular weight is 352 g/mol. The Morgan fingerprint density at radius 2 is 1.62 bits per heavy atom. The maximum absolute atomic E-state index is 13.8. The molecular formula is C17H18F2N2O2S. The molecule has 128 valence electrons. The monoisotopic (exact) mass is 352 g/mol. The molecule has 2 aromatic carbocycles. The normalized spacial score (nSPS) is 15.7. The van der Waals surface area contributed by atoms with Gasteiger partial charge >= 0.3 is 0 Å². The molecule has 1 N–H and O–H groups in total. The number of nitrogens with one attached hydrogen (secondary N) is 1. The van der Waals surface area contributed by atoms with E-state index in [1.165, 1.54) is 24.3 Å². The molecule has 1 aliphatic rings. The molecule has 0 saturated carbocycles. The van der Waals surface area contributed by atoms with Gasteiger partial charge in [0.15, 0.2) is 0 Å². The standard InChI is InChI=1S/C17H18F2N2O2S/c18-17(19)16-14(21-11-9-20-10-12-21)7-4-8-15(16)24(22,23)13-5-2-1-3-6-13/h1-8,17,20H,9-12H2. The second-order valence-corrected chi connectivity index (χ2v) is 7.46. The third kappa shape index (κ3) is 3.14. The van der Waals surface area contributed by atoms with E-state index in [0.717, 1.165) is 0 Å². The first-order valence-electron chi connectivity index (χ1n) is 7.68. The zero-order chi connectivity index (χ0) is 17.2. The van der Waals surface area contributed by atoms with Gasteiger partial charge in [-0.1, -0.05) is 24.3 Å². The minimum absolute atomic E-state index is 0.0179. The van der Waals surface area contributed by atoms with Crippen molar-refractivity contribution in [2.45, 2.75) is 16.2 Å². The Labute approximate surface area is 140 Å². The van der Waals surface area contributed by atoms with Crippen LogP contribution in [0.3, 0.4) is 0 Å². The van der Waals surface area contributed by atoms with Crippen LogP contribution < -0.4 is 10.2 Å². The molecular weight excluding hydrogens is 334 g/mol. The number of rotatable bonds is 4. The van der Waals surface area contributed by atoms with Crippen LogP contribution in [0.5, 0.6) is 0 Å². The van der Waals surface area contributed by atoms with Gasteiger partial charge in [-0.05, 0) is 24.3 Å². The van der Waals surface area contributed by atoms with Crippen LogP contribution in [0.15, 0.2) is 58.3 Å². The van der Waals surface area contributed by atoms with Crippen LogP contribution in [0.4, 0.5) is 14.5 Å². The fraction of sp³-hybridized carbons (Fsp3) is 0.294. The average Bonchev–Trinajstić information content (AvgIpc) is 2.62. The lowest BCUT2D eigenvalue weighted by Gasteiger charge is -2.31. The van der Waals surface area contributed by atoms with Gasteiger partial charge in [-0.25, -0.2) is 17.2 Å². The molecule has 0 unspecified atom stereocenters. The largest absolute Gasteiger partial charge is 0.369 e. The fourth-order valence-electron chi connectivity index (χ4n) is 2.89. The van der Waals surface area contributed by atoms with Crippen LogP contribution >= 0.6 is 0 Å². The highest BCUT2D eigenvalue weighted by molar-refractivity contribution is 7.91. The van der Waals surface area contributed by atoms with Crippen molar-refractivity contribution < 1.29 is 17.2 Å². The smallest absolute Gasteiger partial charge is 0.267 e. The summed E-state index contributed by atoms with van der Waals surface area (Å²) < 4.78 is 53.2. The first-order valence-corrected chi connectivity index (χ1v) is 9.17. The van der Waals surface area contributed by atoms with Crippen molar-refractivity contribution in [1.82, 2.24) is 5.32 Å². The van der Waals surface area contributed by atoms with E-state index >= 15 is 0 Å². The lowest BCUT2D eigenvalue weighted by atomic mass is 10.1. The number of benzene rings is 2. The van der Waals surface area contributed by atoms with Gasteiger partial charge in [0, 0.05) is 31.9 Å². The Hall–Kier alpha value is -1.99. The molecule has 1 heterocycles. The summed E-state index contributed by atoms with van der Waals surface area (Å²) in [6.45, 7) is 2.49. The van der Waals surface area contributed by atoms with Crippen LogP contribution in [0.1, 0.15) is 12.0 Å². The molecule has 0 bridgehead atoms. The third-order valence-electron chi connectivity index (χ3n) is 4.06. The van der Waals surface area contributed by atoms with Crippen molar-refractivity contribution in [2.75, 3.05) is 31.1 Å². The molecule has 7 heteroatoms. The maximum atomic E-state index is 13.8. The third-order valence-corrected chi connectivity index (χ3v) is 5.89. The van der Waals surface area contributed by atoms with Gasteiger partial charge in [-0.15, -0.1) is 0 Å². The molecule has 3 rings (SSSR count). The van der Waals surface area contributed by atoms with Crippen LogP contribution in [0.2, 0.25) is 0 Å². The lowest BCUT2D eigenvalue weighted by Crippen LogP contribution is -2.44. The van der Waals surface area contributed by atoms with Gasteiger partial charge in [0.25, 0.3) is 6.43 Å². The van der Waals surface area contributed by atoms with E-state index in [0.29, 0.717) is 31.9 Å². The summed E-state index contributed by atoms with van der Waals surface area (Å²) in [7, 11) is -4.00. The highest BCUT2D eigenvalue weighted by Crippen LogP contribution is 2.37. The van der Waals surface area contributed by atoms with Crippen molar-refractivity contribution in [1.29, 1.82) is 0 Å². The Morgan fingerprint density at radius 1 is 0.958 bits per heavy atom. The van der Waals surface area contributed by atoms with Crippen molar-refractivity contribution in [3.05, 3.63) is 54.1 Å². The Bertz CT molecular complexity index is 805. The zero-order valence-corrected chi connectivity index (χ0v) is 13.8. The molecule has 24 heavy (non-hydrogen) atoms. The first-order chi connectivity index (χ1) is 11.5. The van der Waals surface area contributed by atoms with Crippen molar-refractivity contribution in [3.8, 4) is 0 Å². The van der Waals surface area contributed by atoms with E-state index in [9.17, 15) is 17.2 Å². The van der Waals surface area contributed by atoms with E-state index in [4.69, 9.17) is 0 Å². The van der Waals surface area contributed by atoms with Crippen molar-refractivity contribution in [3.63, 3.8) is 0 Å². The first kappa shape index (κ1) is 16.9. The number of piperazine rings is 1. The topological polar surface area (TPSA) is 49.4 Å². The van der Waals surface area contributed by atoms with Crippen LogP contribution in [0.25, 0.3) is 0 Å². The van der Waals surface area contributed by atoms with Gasteiger partial charge in [0.2, 0.25) is 9.84 Å². The summed E-state index contributed by atoms with van der Waals surface area (Å²) >= 11 is 0. The van der Waals surface area contributed by atoms with E-state index in [1.807, 2.05) is 4.90 Å². The van der Waals surface area contributed by atoms with Gasteiger partial charge in [0.1, 0.15) is 0 Å². The fourth-order valence-corrected chi connectivity index (χ4v) is 4.40. The minimum Gasteiger partial charge on any atom is -0.369 e. The van der Waals surface area contributed by atoms with Gasteiger partial charge in [-0.3, -0.25) is 0 Å². The van der Waals surface area contributed by atoms with E-state index < -0.39 is 21.8 Å². The Morgan fingerprint density at radius 3 is 2.25 bits per heavy atom. The number of hydrogen-bond donors (Lipinski definition) is 1. The molecule has 1 fully saturated rings. The Balaban J connectivity index is 2.15. The highest BCUT2D eigenvalue weighted by atomic mass is 32.2. The molecule has 4 nitrogen and oxygen atoms in total. The summed E-state index contributed by atoms with van der Waals surface area (Å²) in [6, 6.07) is 12.0. The number of nitrogens with zero attached hydrogens (tertiary/aromatic N) is 1. The van der Waals surface area contributed by atoms with Crippen LogP contribution in [0, 0.1) is 0 Å².